The van der Waals surface area contributed by atoms with Crippen LogP contribution in [0.1, 0.15) is 42.1 Å². The molecule has 0 aliphatic carbocycles. The molecular weight excluding hydrogens is 402 g/mol. The summed E-state index contributed by atoms with van der Waals surface area (Å²) in [6, 6.07) is 13.4. The number of carbonyl (C=O) groups is 1. The van der Waals surface area contributed by atoms with Crippen LogP contribution in [0.15, 0.2) is 53.3 Å². The Labute approximate surface area is 168 Å². The maximum absolute atomic E-state index is 13.1. The average molecular weight is 426 g/mol. The van der Waals surface area contributed by atoms with Gasteiger partial charge in [0.25, 0.3) is 5.91 Å². The molecule has 2 aromatic heterocycles. The monoisotopic (exact) mass is 425 g/mol. The first-order valence-corrected chi connectivity index (χ1v) is 10.4. The molecule has 1 aromatic carbocycles. The normalized spacial score (nSPS) is 17.6. The molecule has 4 nitrogen and oxygen atoms in total. The molecule has 0 radical (unpaired) electrons. The van der Waals surface area contributed by atoms with Crippen molar-refractivity contribution in [1.29, 1.82) is 0 Å². The number of hydrogen-bond donors (Lipinski definition) is 0. The Kier molecular flexibility index (Phi) is 5.41. The van der Waals surface area contributed by atoms with Crippen molar-refractivity contribution in [2.45, 2.75) is 32.7 Å². The molecule has 0 amide bonds. The fourth-order valence-corrected chi connectivity index (χ4v) is 4.39. The van der Waals surface area contributed by atoms with Crippen molar-refractivity contribution in [2.24, 2.45) is 5.92 Å². The number of fused-ring (bicyclic) bond motifs is 1. The van der Waals surface area contributed by atoms with Gasteiger partial charge in [0.1, 0.15) is 10.3 Å². The van der Waals surface area contributed by atoms with Gasteiger partial charge in [0, 0.05) is 30.2 Å². The topological polar surface area (TPSA) is 38.1 Å². The number of likely N-dealkylation sites (tertiary alicyclic amines) is 1. The van der Waals surface area contributed by atoms with Crippen molar-refractivity contribution in [1.82, 2.24) is 14.5 Å². The maximum atomic E-state index is 13.1. The number of nitrogens with zero attached hydrogens (tertiary/aromatic N) is 3. The number of halogens is 1. The van der Waals surface area contributed by atoms with Gasteiger partial charge in [0.2, 0.25) is 0 Å². The Morgan fingerprint density at radius 1 is 1.22 bits per heavy atom. The fraction of sp³-hybridized carbons (Fsp3) is 0.364. The van der Waals surface area contributed by atoms with Gasteiger partial charge in [-0.15, -0.1) is 0 Å². The predicted molar refractivity (Wildman–Crippen MR) is 112 cm³/mol. The van der Waals surface area contributed by atoms with Gasteiger partial charge < -0.3 is 0 Å². The van der Waals surface area contributed by atoms with Crippen molar-refractivity contribution in [3.05, 3.63) is 64.4 Å². The van der Waals surface area contributed by atoms with Crippen LogP contribution in [0.4, 0.5) is 0 Å². The lowest BCUT2D eigenvalue weighted by Gasteiger charge is -2.15. The largest absolute Gasteiger partial charge is 0.299 e. The average Bonchev–Trinajstić information content (AvgIpc) is 3.27. The van der Waals surface area contributed by atoms with Crippen LogP contribution in [-0.2, 0) is 6.54 Å². The first-order chi connectivity index (χ1) is 13.2. The quantitative estimate of drug-likeness (QED) is 0.533. The van der Waals surface area contributed by atoms with E-state index in [1.807, 2.05) is 42.6 Å². The summed E-state index contributed by atoms with van der Waals surface area (Å²) in [6.45, 7) is 5.41. The fourth-order valence-electron chi connectivity index (χ4n) is 4.09. The highest BCUT2D eigenvalue weighted by molar-refractivity contribution is 9.10. The molecule has 5 heteroatoms. The highest BCUT2D eigenvalue weighted by atomic mass is 79.9. The summed E-state index contributed by atoms with van der Waals surface area (Å²) >= 11 is 3.45. The summed E-state index contributed by atoms with van der Waals surface area (Å²) in [4.78, 5) is 20.2. The van der Waals surface area contributed by atoms with Crippen LogP contribution in [0.2, 0.25) is 0 Å². The first kappa shape index (κ1) is 18.4. The zero-order valence-electron chi connectivity index (χ0n) is 15.6. The maximum Gasteiger partial charge on any atom is 0.263 e. The van der Waals surface area contributed by atoms with Gasteiger partial charge in [-0.1, -0.05) is 31.5 Å². The lowest BCUT2D eigenvalue weighted by molar-refractivity contribution is 0.0964. The molecule has 0 saturated carbocycles. The Morgan fingerprint density at radius 2 is 2.04 bits per heavy atom. The molecule has 4 rings (SSSR count). The van der Waals surface area contributed by atoms with Crippen LogP contribution in [0, 0.1) is 5.92 Å². The molecule has 1 atom stereocenters. The van der Waals surface area contributed by atoms with Crippen molar-refractivity contribution < 1.29 is 4.79 Å². The van der Waals surface area contributed by atoms with E-state index in [-0.39, 0.29) is 5.91 Å². The minimum Gasteiger partial charge on any atom is -0.299 e. The van der Waals surface area contributed by atoms with Crippen molar-refractivity contribution in [3.8, 4) is 0 Å². The molecule has 140 valence electrons. The number of hydrogen-bond acceptors (Lipinski definition) is 3. The molecule has 3 aromatic rings. The summed E-state index contributed by atoms with van der Waals surface area (Å²) in [5.41, 5.74) is 2.57. The van der Waals surface area contributed by atoms with Crippen LogP contribution in [0.25, 0.3) is 11.0 Å². The van der Waals surface area contributed by atoms with Gasteiger partial charge in [0.15, 0.2) is 0 Å². The summed E-state index contributed by atoms with van der Waals surface area (Å²) in [6.07, 6.45) is 5.81. The van der Waals surface area contributed by atoms with Gasteiger partial charge >= 0.3 is 0 Å². The Hall–Kier alpha value is -1.98. The number of carbonyl (C=O) groups excluding carboxylic acids is 1. The van der Waals surface area contributed by atoms with E-state index < -0.39 is 0 Å². The third-order valence-electron chi connectivity index (χ3n) is 5.40. The van der Waals surface area contributed by atoms with E-state index in [1.165, 1.54) is 24.8 Å². The van der Waals surface area contributed by atoms with Crippen LogP contribution in [0.5, 0.6) is 0 Å². The molecular formula is C22H24BrN3O. The molecule has 27 heavy (non-hydrogen) atoms. The van der Waals surface area contributed by atoms with E-state index in [0.717, 1.165) is 41.2 Å². The van der Waals surface area contributed by atoms with Gasteiger partial charge in [-0.05, 0) is 71.1 Å². The number of aromatic nitrogens is 2. The van der Waals surface area contributed by atoms with Crippen LogP contribution >= 0.6 is 15.9 Å². The second kappa shape index (κ2) is 7.95. The molecule has 1 fully saturated rings. The molecule has 1 unspecified atom stereocenters. The summed E-state index contributed by atoms with van der Waals surface area (Å²) in [5, 5.41) is 1.06. The predicted octanol–water partition coefficient (Wildman–Crippen LogP) is 5.11. The summed E-state index contributed by atoms with van der Waals surface area (Å²) in [5.74, 6) is 0.768. The molecule has 0 spiro atoms. The summed E-state index contributed by atoms with van der Waals surface area (Å²) < 4.78 is 2.44. The Bertz CT molecular complexity index is 951. The lowest BCUT2D eigenvalue weighted by atomic mass is 10.0. The SMILES string of the molecule is CCCC1CCN(Cc2cn(C(=O)c3ccccc3)c3nc(Br)ccc23)C1. The molecule has 0 N–H and O–H groups in total. The van der Waals surface area contributed by atoms with E-state index in [1.54, 1.807) is 4.57 Å². The highest BCUT2D eigenvalue weighted by Gasteiger charge is 2.24. The zero-order chi connectivity index (χ0) is 18.8. The molecule has 3 heterocycles. The second-order valence-electron chi connectivity index (χ2n) is 7.38. The van der Waals surface area contributed by atoms with Crippen molar-refractivity contribution in [3.63, 3.8) is 0 Å². The van der Waals surface area contributed by atoms with Gasteiger partial charge in [-0.2, -0.15) is 0 Å². The van der Waals surface area contributed by atoms with E-state index in [9.17, 15) is 4.79 Å². The van der Waals surface area contributed by atoms with Crippen molar-refractivity contribution >= 4 is 32.9 Å². The second-order valence-corrected chi connectivity index (χ2v) is 8.19. The van der Waals surface area contributed by atoms with E-state index in [2.05, 4.69) is 38.8 Å². The standard InChI is InChI=1S/C22H24BrN3O/c1-2-6-16-11-12-25(13-16)14-18-15-26(21-19(18)9-10-20(23)24-21)22(27)17-7-4-3-5-8-17/h3-5,7-10,15-16H,2,6,11-14H2,1H3. The highest BCUT2D eigenvalue weighted by Crippen LogP contribution is 2.27. The molecule has 1 aliphatic heterocycles. The summed E-state index contributed by atoms with van der Waals surface area (Å²) in [7, 11) is 0. The van der Waals surface area contributed by atoms with E-state index >= 15 is 0 Å². The molecule has 1 saturated heterocycles. The number of pyridine rings is 1. The van der Waals surface area contributed by atoms with E-state index in [0.29, 0.717) is 5.56 Å². The minimum absolute atomic E-state index is 0.0391. The van der Waals surface area contributed by atoms with Gasteiger partial charge in [-0.25, -0.2) is 4.98 Å². The van der Waals surface area contributed by atoms with Crippen molar-refractivity contribution in [2.75, 3.05) is 13.1 Å². The smallest absolute Gasteiger partial charge is 0.263 e. The first-order valence-electron chi connectivity index (χ1n) is 9.64. The minimum atomic E-state index is -0.0391. The number of rotatable bonds is 5. The van der Waals surface area contributed by atoms with Crippen LogP contribution in [-0.4, -0.2) is 33.4 Å². The van der Waals surface area contributed by atoms with Crippen LogP contribution in [0.3, 0.4) is 0 Å². The molecule has 1 aliphatic rings. The van der Waals surface area contributed by atoms with Gasteiger partial charge in [-0.3, -0.25) is 14.3 Å². The molecule has 0 bridgehead atoms. The van der Waals surface area contributed by atoms with Gasteiger partial charge in [0.05, 0.1) is 0 Å². The third kappa shape index (κ3) is 3.85. The third-order valence-corrected chi connectivity index (χ3v) is 5.84. The Morgan fingerprint density at radius 3 is 2.81 bits per heavy atom. The Balaban J connectivity index is 1.67. The lowest BCUT2D eigenvalue weighted by Crippen LogP contribution is -2.20. The number of benzene rings is 1. The van der Waals surface area contributed by atoms with Crippen LogP contribution < -0.4 is 0 Å². The zero-order valence-corrected chi connectivity index (χ0v) is 17.2. The van der Waals surface area contributed by atoms with E-state index in [4.69, 9.17) is 0 Å².